The Bertz CT molecular complexity index is 534. The van der Waals surface area contributed by atoms with Crippen molar-refractivity contribution in [2.24, 2.45) is 0 Å². The molecule has 19 heavy (non-hydrogen) atoms. The molecule has 0 heterocycles. The van der Waals surface area contributed by atoms with Gasteiger partial charge in [0, 0.05) is 0 Å². The molecule has 2 aromatic rings. The van der Waals surface area contributed by atoms with Gasteiger partial charge in [-0.05, 0) is 62.3 Å². The summed E-state index contributed by atoms with van der Waals surface area (Å²) in [4.78, 5) is 2.19. The van der Waals surface area contributed by atoms with Gasteiger partial charge in [0.15, 0.2) is 0 Å². The van der Waals surface area contributed by atoms with Crippen LogP contribution in [0.25, 0.3) is 11.1 Å². The molecule has 0 saturated heterocycles. The van der Waals surface area contributed by atoms with E-state index in [2.05, 4.69) is 31.1 Å². The molecule has 0 aliphatic rings. The Morgan fingerprint density at radius 3 is 2.53 bits per heavy atom. The van der Waals surface area contributed by atoms with E-state index in [4.69, 9.17) is 0 Å². The number of hydrogen-bond acceptors (Lipinski definition) is 1. The van der Waals surface area contributed by atoms with Gasteiger partial charge in [-0.2, -0.15) is 0 Å². The smallest absolute Gasteiger partial charge is 0.123 e. The third kappa shape index (κ3) is 3.90. The molecule has 0 atom stereocenters. The topological polar surface area (TPSA) is 3.24 Å². The maximum atomic E-state index is 13.3. The van der Waals surface area contributed by atoms with Crippen molar-refractivity contribution in [2.75, 3.05) is 20.6 Å². The van der Waals surface area contributed by atoms with Crippen LogP contribution in [0.1, 0.15) is 12.0 Å². The number of rotatable bonds is 5. The summed E-state index contributed by atoms with van der Waals surface area (Å²) in [5, 5.41) is 0. The summed E-state index contributed by atoms with van der Waals surface area (Å²) in [6.45, 7) is 1.07. The van der Waals surface area contributed by atoms with Gasteiger partial charge < -0.3 is 4.90 Å². The molecule has 2 aromatic carbocycles. The molecule has 0 unspecified atom stereocenters. The van der Waals surface area contributed by atoms with Gasteiger partial charge in [0.05, 0.1) is 0 Å². The standard InChI is InChI=1S/C17H20FN/c1-19(2)12-6-9-14-7-3-4-11-17(14)15-8-5-10-16(18)13-15/h3-5,7-8,10-11,13H,6,9,12H2,1-2H3. The summed E-state index contributed by atoms with van der Waals surface area (Å²) >= 11 is 0. The molecule has 0 aliphatic heterocycles. The first-order chi connectivity index (χ1) is 9.16. The maximum Gasteiger partial charge on any atom is 0.123 e. The lowest BCUT2D eigenvalue weighted by Gasteiger charge is -2.12. The number of halogens is 1. The average Bonchev–Trinajstić information content (AvgIpc) is 2.39. The van der Waals surface area contributed by atoms with E-state index in [1.54, 1.807) is 12.1 Å². The fraction of sp³-hybridized carbons (Fsp3) is 0.294. The molecule has 1 nitrogen and oxygen atoms in total. The Labute approximate surface area is 114 Å². The van der Waals surface area contributed by atoms with Crippen molar-refractivity contribution in [1.82, 2.24) is 4.90 Å². The summed E-state index contributed by atoms with van der Waals surface area (Å²) in [5.74, 6) is -0.180. The van der Waals surface area contributed by atoms with Crippen molar-refractivity contribution in [1.29, 1.82) is 0 Å². The second kappa shape index (κ2) is 6.48. The van der Waals surface area contributed by atoms with Gasteiger partial charge in [-0.3, -0.25) is 0 Å². The van der Waals surface area contributed by atoms with E-state index in [1.807, 2.05) is 18.2 Å². The molecule has 100 valence electrons. The van der Waals surface area contributed by atoms with Gasteiger partial charge in [-0.25, -0.2) is 4.39 Å². The van der Waals surface area contributed by atoms with E-state index < -0.39 is 0 Å². The highest BCUT2D eigenvalue weighted by atomic mass is 19.1. The highest BCUT2D eigenvalue weighted by Crippen LogP contribution is 2.25. The van der Waals surface area contributed by atoms with Crippen LogP contribution < -0.4 is 0 Å². The summed E-state index contributed by atoms with van der Waals surface area (Å²) in [6.07, 6.45) is 2.13. The average molecular weight is 257 g/mol. The third-order valence-electron chi connectivity index (χ3n) is 3.20. The Morgan fingerprint density at radius 2 is 1.79 bits per heavy atom. The fourth-order valence-electron chi connectivity index (χ4n) is 2.26. The molecule has 2 heteroatoms. The molecule has 0 bridgehead atoms. The van der Waals surface area contributed by atoms with Gasteiger partial charge in [0.1, 0.15) is 5.82 Å². The van der Waals surface area contributed by atoms with Crippen LogP contribution in [0.4, 0.5) is 4.39 Å². The summed E-state index contributed by atoms with van der Waals surface area (Å²) in [5.41, 5.74) is 3.39. The summed E-state index contributed by atoms with van der Waals surface area (Å²) < 4.78 is 13.3. The SMILES string of the molecule is CN(C)CCCc1ccccc1-c1cccc(F)c1. The number of hydrogen-bond donors (Lipinski definition) is 0. The highest BCUT2D eigenvalue weighted by molar-refractivity contribution is 5.67. The summed E-state index contributed by atoms with van der Waals surface area (Å²) in [7, 11) is 4.16. The van der Waals surface area contributed by atoms with Crippen LogP contribution in [0.15, 0.2) is 48.5 Å². The number of aryl methyl sites for hydroxylation is 1. The molecule has 0 radical (unpaired) electrons. The van der Waals surface area contributed by atoms with Gasteiger partial charge in [-0.15, -0.1) is 0 Å². The van der Waals surface area contributed by atoms with E-state index in [1.165, 1.54) is 11.6 Å². The molecule has 2 rings (SSSR count). The normalized spacial score (nSPS) is 10.9. The Kier molecular flexibility index (Phi) is 4.69. The molecule has 0 aliphatic carbocycles. The molecular weight excluding hydrogens is 237 g/mol. The van der Waals surface area contributed by atoms with E-state index in [0.29, 0.717) is 0 Å². The lowest BCUT2D eigenvalue weighted by atomic mass is 9.96. The Morgan fingerprint density at radius 1 is 1.00 bits per heavy atom. The maximum absolute atomic E-state index is 13.3. The van der Waals surface area contributed by atoms with Crippen LogP contribution in [0.2, 0.25) is 0 Å². The Hall–Kier alpha value is -1.67. The zero-order valence-electron chi connectivity index (χ0n) is 11.6. The number of benzene rings is 2. The van der Waals surface area contributed by atoms with Gasteiger partial charge in [0.2, 0.25) is 0 Å². The lowest BCUT2D eigenvalue weighted by Crippen LogP contribution is -2.13. The second-order valence-electron chi connectivity index (χ2n) is 5.07. The largest absolute Gasteiger partial charge is 0.309 e. The predicted molar refractivity (Wildman–Crippen MR) is 78.7 cm³/mol. The first kappa shape index (κ1) is 13.8. The first-order valence-electron chi connectivity index (χ1n) is 6.65. The molecule has 0 spiro atoms. The monoisotopic (exact) mass is 257 g/mol. The zero-order valence-corrected chi connectivity index (χ0v) is 11.6. The Balaban J connectivity index is 2.21. The van der Waals surface area contributed by atoms with Gasteiger partial charge in [0.25, 0.3) is 0 Å². The van der Waals surface area contributed by atoms with Crippen molar-refractivity contribution in [2.45, 2.75) is 12.8 Å². The van der Waals surface area contributed by atoms with Crippen molar-refractivity contribution in [3.63, 3.8) is 0 Å². The van der Waals surface area contributed by atoms with Crippen LogP contribution in [-0.2, 0) is 6.42 Å². The summed E-state index contributed by atoms with van der Waals surface area (Å²) in [6, 6.07) is 15.1. The first-order valence-corrected chi connectivity index (χ1v) is 6.65. The molecule has 0 fully saturated rings. The van der Waals surface area contributed by atoms with Crippen molar-refractivity contribution in [3.8, 4) is 11.1 Å². The van der Waals surface area contributed by atoms with Gasteiger partial charge in [-0.1, -0.05) is 36.4 Å². The molecule has 0 amide bonds. The van der Waals surface area contributed by atoms with Crippen LogP contribution in [0.5, 0.6) is 0 Å². The van der Waals surface area contributed by atoms with Crippen LogP contribution in [-0.4, -0.2) is 25.5 Å². The fourth-order valence-corrected chi connectivity index (χ4v) is 2.26. The molecule has 0 N–H and O–H groups in total. The molecular formula is C17H20FN. The molecule has 0 aromatic heterocycles. The van der Waals surface area contributed by atoms with Crippen LogP contribution in [0.3, 0.4) is 0 Å². The third-order valence-corrected chi connectivity index (χ3v) is 3.20. The van der Waals surface area contributed by atoms with Crippen molar-refractivity contribution >= 4 is 0 Å². The minimum Gasteiger partial charge on any atom is -0.309 e. The number of nitrogens with zero attached hydrogens (tertiary/aromatic N) is 1. The van der Waals surface area contributed by atoms with Crippen LogP contribution >= 0.6 is 0 Å². The molecule has 0 saturated carbocycles. The zero-order chi connectivity index (χ0) is 13.7. The minimum absolute atomic E-state index is 0.180. The minimum atomic E-state index is -0.180. The van der Waals surface area contributed by atoms with E-state index >= 15 is 0 Å². The van der Waals surface area contributed by atoms with Crippen molar-refractivity contribution in [3.05, 3.63) is 59.9 Å². The van der Waals surface area contributed by atoms with Crippen LogP contribution in [0, 0.1) is 5.82 Å². The predicted octanol–water partition coefficient (Wildman–Crippen LogP) is 3.99. The highest BCUT2D eigenvalue weighted by Gasteiger charge is 2.05. The van der Waals surface area contributed by atoms with E-state index in [-0.39, 0.29) is 5.82 Å². The second-order valence-corrected chi connectivity index (χ2v) is 5.07. The van der Waals surface area contributed by atoms with Gasteiger partial charge >= 0.3 is 0 Å². The quantitative estimate of drug-likeness (QED) is 0.783. The lowest BCUT2D eigenvalue weighted by molar-refractivity contribution is 0.400. The van der Waals surface area contributed by atoms with E-state index in [9.17, 15) is 4.39 Å². The van der Waals surface area contributed by atoms with Crippen molar-refractivity contribution < 1.29 is 4.39 Å². The van der Waals surface area contributed by atoms with E-state index in [0.717, 1.165) is 30.5 Å².